The van der Waals surface area contributed by atoms with Crippen molar-refractivity contribution >= 4 is 33.2 Å². The van der Waals surface area contributed by atoms with Crippen LogP contribution < -0.4 is 10.0 Å². The lowest BCUT2D eigenvalue weighted by atomic mass is 10.2. The van der Waals surface area contributed by atoms with Crippen molar-refractivity contribution in [3.63, 3.8) is 0 Å². The second-order valence-corrected chi connectivity index (χ2v) is 7.73. The van der Waals surface area contributed by atoms with Gasteiger partial charge in [-0.25, -0.2) is 8.42 Å². The standard InChI is InChI=1S/C17H19ClN2O3S/c1-11-4-8-15(9-5-11)24(22,23)20-13(3)17(21)19-14-7-6-12(2)16(18)10-14/h4-10,13,20H,1-3H3,(H,19,21)/t13-/m1/s1. The van der Waals surface area contributed by atoms with Gasteiger partial charge in [0, 0.05) is 10.7 Å². The Balaban J connectivity index is 2.07. The molecule has 2 N–H and O–H groups in total. The summed E-state index contributed by atoms with van der Waals surface area (Å²) in [7, 11) is -3.77. The Hall–Kier alpha value is -1.89. The molecule has 0 radical (unpaired) electrons. The number of carbonyl (C=O) groups is 1. The summed E-state index contributed by atoms with van der Waals surface area (Å²) in [6.07, 6.45) is 0. The van der Waals surface area contributed by atoms with E-state index in [-0.39, 0.29) is 4.90 Å². The average molecular weight is 367 g/mol. The van der Waals surface area contributed by atoms with E-state index in [1.165, 1.54) is 19.1 Å². The van der Waals surface area contributed by atoms with Gasteiger partial charge in [0.2, 0.25) is 15.9 Å². The SMILES string of the molecule is Cc1ccc(S(=O)(=O)N[C@H](C)C(=O)Nc2ccc(C)c(Cl)c2)cc1. The van der Waals surface area contributed by atoms with Crippen LogP contribution in [0.25, 0.3) is 0 Å². The number of carbonyl (C=O) groups excluding carboxylic acids is 1. The van der Waals surface area contributed by atoms with Crippen molar-refractivity contribution in [2.75, 3.05) is 5.32 Å². The zero-order valence-corrected chi connectivity index (χ0v) is 15.2. The minimum Gasteiger partial charge on any atom is -0.325 e. The number of rotatable bonds is 5. The monoisotopic (exact) mass is 366 g/mol. The van der Waals surface area contributed by atoms with Crippen LogP contribution in [0.1, 0.15) is 18.1 Å². The fourth-order valence-electron chi connectivity index (χ4n) is 1.99. The van der Waals surface area contributed by atoms with Crippen LogP contribution in [0.4, 0.5) is 5.69 Å². The van der Waals surface area contributed by atoms with Crippen molar-refractivity contribution < 1.29 is 13.2 Å². The third-order valence-electron chi connectivity index (χ3n) is 3.50. The maximum Gasteiger partial charge on any atom is 0.242 e. The van der Waals surface area contributed by atoms with E-state index in [4.69, 9.17) is 11.6 Å². The molecule has 0 unspecified atom stereocenters. The summed E-state index contributed by atoms with van der Waals surface area (Å²) in [5, 5.41) is 3.17. The van der Waals surface area contributed by atoms with E-state index < -0.39 is 22.0 Å². The number of hydrogen-bond acceptors (Lipinski definition) is 3. The summed E-state index contributed by atoms with van der Waals surface area (Å²) >= 11 is 6.01. The molecule has 0 spiro atoms. The third-order valence-corrected chi connectivity index (χ3v) is 5.46. The molecule has 0 bridgehead atoms. The van der Waals surface area contributed by atoms with Gasteiger partial charge >= 0.3 is 0 Å². The molecule has 0 heterocycles. The quantitative estimate of drug-likeness (QED) is 0.852. The van der Waals surface area contributed by atoms with Crippen LogP contribution in [-0.2, 0) is 14.8 Å². The van der Waals surface area contributed by atoms with Crippen LogP contribution >= 0.6 is 11.6 Å². The first-order valence-corrected chi connectivity index (χ1v) is 9.21. The second kappa shape index (κ2) is 7.34. The van der Waals surface area contributed by atoms with Gasteiger partial charge in [-0.3, -0.25) is 4.79 Å². The molecule has 0 aliphatic rings. The second-order valence-electron chi connectivity index (χ2n) is 5.61. The lowest BCUT2D eigenvalue weighted by molar-refractivity contribution is -0.117. The maximum atomic E-state index is 12.3. The Labute approximate surface area is 147 Å². The van der Waals surface area contributed by atoms with Crippen molar-refractivity contribution in [2.24, 2.45) is 0 Å². The number of nitrogens with one attached hydrogen (secondary N) is 2. The minimum atomic E-state index is -3.77. The van der Waals surface area contributed by atoms with Gasteiger partial charge in [-0.1, -0.05) is 35.4 Å². The first kappa shape index (κ1) is 18.4. The van der Waals surface area contributed by atoms with Crippen LogP contribution in [0, 0.1) is 13.8 Å². The number of hydrogen-bond donors (Lipinski definition) is 2. The molecular weight excluding hydrogens is 348 g/mol. The van der Waals surface area contributed by atoms with Crippen LogP contribution in [0.3, 0.4) is 0 Å². The Morgan fingerprint density at radius 1 is 1.08 bits per heavy atom. The van der Waals surface area contributed by atoms with Gasteiger partial charge in [-0.05, 0) is 50.6 Å². The van der Waals surface area contributed by atoms with Crippen LogP contribution in [0.15, 0.2) is 47.4 Å². The smallest absolute Gasteiger partial charge is 0.242 e. The van der Waals surface area contributed by atoms with Gasteiger partial charge in [0.15, 0.2) is 0 Å². The topological polar surface area (TPSA) is 75.3 Å². The molecule has 0 saturated heterocycles. The predicted molar refractivity (Wildman–Crippen MR) is 95.8 cm³/mol. The first-order chi connectivity index (χ1) is 11.2. The molecule has 0 aliphatic carbocycles. The summed E-state index contributed by atoms with van der Waals surface area (Å²) in [5.74, 6) is -0.467. The van der Waals surface area contributed by atoms with Gasteiger partial charge in [-0.15, -0.1) is 0 Å². The summed E-state index contributed by atoms with van der Waals surface area (Å²) in [5.41, 5.74) is 2.36. The van der Waals surface area contributed by atoms with Crippen LogP contribution in [0.5, 0.6) is 0 Å². The van der Waals surface area contributed by atoms with Gasteiger partial charge in [0.1, 0.15) is 0 Å². The van der Waals surface area contributed by atoms with E-state index in [0.717, 1.165) is 11.1 Å². The molecule has 0 aliphatic heterocycles. The van der Waals surface area contributed by atoms with Crippen molar-refractivity contribution in [2.45, 2.75) is 31.7 Å². The molecule has 0 aromatic heterocycles. The molecule has 2 aromatic carbocycles. The summed E-state index contributed by atoms with van der Waals surface area (Å²) < 4.78 is 27.0. The fourth-order valence-corrected chi connectivity index (χ4v) is 3.38. The zero-order chi connectivity index (χ0) is 17.9. The van der Waals surface area contributed by atoms with E-state index in [2.05, 4.69) is 10.0 Å². The average Bonchev–Trinajstić information content (AvgIpc) is 2.51. The molecule has 1 amide bonds. The highest BCUT2D eigenvalue weighted by atomic mass is 35.5. The number of sulfonamides is 1. The van der Waals surface area contributed by atoms with E-state index in [1.807, 2.05) is 13.8 Å². The minimum absolute atomic E-state index is 0.117. The largest absolute Gasteiger partial charge is 0.325 e. The highest BCUT2D eigenvalue weighted by Gasteiger charge is 2.22. The van der Waals surface area contributed by atoms with E-state index in [9.17, 15) is 13.2 Å². The van der Waals surface area contributed by atoms with Crippen molar-refractivity contribution in [1.82, 2.24) is 4.72 Å². The van der Waals surface area contributed by atoms with Crippen LogP contribution in [-0.4, -0.2) is 20.4 Å². The van der Waals surface area contributed by atoms with Gasteiger partial charge in [0.05, 0.1) is 10.9 Å². The zero-order valence-electron chi connectivity index (χ0n) is 13.6. The number of amides is 1. The van der Waals surface area contributed by atoms with Crippen LogP contribution in [0.2, 0.25) is 5.02 Å². The third kappa shape index (κ3) is 4.56. The number of benzene rings is 2. The first-order valence-electron chi connectivity index (χ1n) is 7.35. The molecule has 7 heteroatoms. The molecule has 24 heavy (non-hydrogen) atoms. The number of anilines is 1. The summed E-state index contributed by atoms with van der Waals surface area (Å²) in [4.78, 5) is 12.3. The predicted octanol–water partition coefficient (Wildman–Crippen LogP) is 3.26. The van der Waals surface area contributed by atoms with Gasteiger partial charge in [-0.2, -0.15) is 4.72 Å². The Morgan fingerprint density at radius 3 is 2.29 bits per heavy atom. The summed E-state index contributed by atoms with van der Waals surface area (Å²) in [6.45, 7) is 5.20. The van der Waals surface area contributed by atoms with Crippen molar-refractivity contribution in [3.05, 3.63) is 58.6 Å². The lowest BCUT2D eigenvalue weighted by Crippen LogP contribution is -2.41. The van der Waals surface area contributed by atoms with Crippen molar-refractivity contribution in [3.8, 4) is 0 Å². The molecule has 0 saturated carbocycles. The highest BCUT2D eigenvalue weighted by Crippen LogP contribution is 2.20. The Morgan fingerprint density at radius 2 is 1.71 bits per heavy atom. The van der Waals surface area contributed by atoms with E-state index in [0.29, 0.717) is 10.7 Å². The van der Waals surface area contributed by atoms with Crippen molar-refractivity contribution in [1.29, 1.82) is 0 Å². The Kier molecular flexibility index (Phi) is 5.64. The molecule has 5 nitrogen and oxygen atoms in total. The van der Waals surface area contributed by atoms with E-state index >= 15 is 0 Å². The summed E-state index contributed by atoms with van der Waals surface area (Å²) in [6, 6.07) is 10.6. The molecule has 0 fully saturated rings. The molecule has 128 valence electrons. The van der Waals surface area contributed by atoms with E-state index in [1.54, 1.807) is 30.3 Å². The molecule has 2 aromatic rings. The normalized spacial score (nSPS) is 12.7. The Bertz CT molecular complexity index is 849. The number of halogens is 1. The fraction of sp³-hybridized carbons (Fsp3) is 0.235. The van der Waals surface area contributed by atoms with Gasteiger partial charge < -0.3 is 5.32 Å². The molecule has 2 rings (SSSR count). The highest BCUT2D eigenvalue weighted by molar-refractivity contribution is 7.89. The molecule has 1 atom stereocenters. The molecular formula is C17H19ClN2O3S. The maximum absolute atomic E-state index is 12.3. The van der Waals surface area contributed by atoms with Gasteiger partial charge in [0.25, 0.3) is 0 Å². The lowest BCUT2D eigenvalue weighted by Gasteiger charge is -2.15. The number of aryl methyl sites for hydroxylation is 2.